The zero-order valence-corrected chi connectivity index (χ0v) is 13.8. The summed E-state index contributed by atoms with van der Waals surface area (Å²) < 4.78 is 11.2. The Morgan fingerprint density at radius 1 is 1.29 bits per heavy atom. The van der Waals surface area contributed by atoms with Gasteiger partial charge in [0.1, 0.15) is 5.92 Å². The number of halogens is 3. The molecular weight excluding hydrogens is 355 g/mol. The van der Waals surface area contributed by atoms with Crippen LogP contribution in [0.25, 0.3) is 6.08 Å². The van der Waals surface area contributed by atoms with Crippen LogP contribution >= 0.6 is 40.1 Å². The Balaban J connectivity index is 2.13. The fourth-order valence-electron chi connectivity index (χ4n) is 2.14. The predicted molar refractivity (Wildman–Crippen MR) is 84.6 cm³/mol. The number of ketones is 1. The summed E-state index contributed by atoms with van der Waals surface area (Å²) in [7, 11) is 0. The van der Waals surface area contributed by atoms with E-state index in [0.29, 0.717) is 23.4 Å². The number of hydrogen-bond acceptors (Lipinski definition) is 3. The smallest absolute Gasteiger partial charge is 0.294 e. The van der Waals surface area contributed by atoms with Crippen molar-refractivity contribution in [3.63, 3.8) is 0 Å². The Bertz CT molecular complexity index is 651. The molecule has 0 aromatic heterocycles. The summed E-state index contributed by atoms with van der Waals surface area (Å²) in [5.74, 6) is -5.63. The summed E-state index contributed by atoms with van der Waals surface area (Å²) >= 11 is 16.4. The molecule has 1 aromatic rings. The maximum atomic E-state index is 12.2. The van der Waals surface area contributed by atoms with Gasteiger partial charge in [-0.3, -0.25) is 19.2 Å². The Hall–Kier alpha value is -0.800. The van der Waals surface area contributed by atoms with Crippen molar-refractivity contribution < 1.29 is 14.2 Å². The lowest BCUT2D eigenvalue weighted by atomic mass is 10.0. The monoisotopic (exact) mass is 365 g/mol. The molecule has 21 heavy (non-hydrogen) atoms. The van der Waals surface area contributed by atoms with Crippen molar-refractivity contribution in [3.8, 4) is 0 Å². The van der Waals surface area contributed by atoms with E-state index in [1.54, 1.807) is 30.3 Å². The molecule has 0 heterocycles. The van der Waals surface area contributed by atoms with E-state index >= 15 is 0 Å². The summed E-state index contributed by atoms with van der Waals surface area (Å²) in [6.45, 7) is 0. The number of hydrogen-bond donors (Lipinski definition) is 1. The Morgan fingerprint density at radius 2 is 1.90 bits per heavy atom. The third-order valence-corrected chi connectivity index (χ3v) is 4.34. The van der Waals surface area contributed by atoms with Gasteiger partial charge in [-0.1, -0.05) is 23.7 Å². The summed E-state index contributed by atoms with van der Waals surface area (Å²) in [6, 6.07) is 6.99. The van der Waals surface area contributed by atoms with Crippen LogP contribution in [-0.2, 0) is 14.2 Å². The largest absolute Gasteiger partial charge is 0.345 e. The van der Waals surface area contributed by atoms with E-state index in [4.69, 9.17) is 34.1 Å². The summed E-state index contributed by atoms with van der Waals surface area (Å²) in [5.41, 5.74) is 1.36. The number of carbonyl (C=O) groups excluding carboxylic acids is 2. The van der Waals surface area contributed by atoms with Crippen LogP contribution in [0, 0.1) is 5.92 Å². The van der Waals surface area contributed by atoms with Crippen LogP contribution in [0.2, 0.25) is 5.02 Å². The van der Waals surface area contributed by atoms with Gasteiger partial charge in [0, 0.05) is 5.02 Å². The fraction of sp³-hybridized carbons (Fsp3) is 0.231. The molecule has 0 spiro atoms. The molecule has 8 heteroatoms. The summed E-state index contributed by atoms with van der Waals surface area (Å²) in [6.07, 6.45) is 2.53. The van der Waals surface area contributed by atoms with Crippen molar-refractivity contribution in [1.82, 2.24) is 5.09 Å². The second kappa shape index (κ2) is 6.53. The summed E-state index contributed by atoms with van der Waals surface area (Å²) in [4.78, 5) is 24.0. The maximum Gasteiger partial charge on any atom is 0.345 e. The van der Waals surface area contributed by atoms with Crippen LogP contribution in [0.5, 0.6) is 0 Å². The van der Waals surface area contributed by atoms with E-state index in [0.717, 1.165) is 5.56 Å². The molecule has 1 aliphatic rings. The molecule has 1 unspecified atom stereocenters. The third-order valence-electron chi connectivity index (χ3n) is 3.10. The van der Waals surface area contributed by atoms with Crippen molar-refractivity contribution in [3.05, 3.63) is 40.4 Å². The molecule has 0 aliphatic heterocycles. The average Bonchev–Trinajstić information content (AvgIpc) is 2.72. The Labute approximate surface area is 136 Å². The number of amides is 1. The van der Waals surface area contributed by atoms with Crippen LogP contribution in [-0.4, -0.2) is 11.7 Å². The van der Waals surface area contributed by atoms with Gasteiger partial charge in [0.2, 0.25) is 5.91 Å². The van der Waals surface area contributed by atoms with E-state index in [1.807, 2.05) is 5.09 Å². The van der Waals surface area contributed by atoms with E-state index in [2.05, 4.69) is 0 Å². The Kier molecular flexibility index (Phi) is 5.15. The van der Waals surface area contributed by atoms with E-state index < -0.39 is 17.8 Å². The molecule has 1 atom stereocenters. The molecule has 1 aromatic carbocycles. The zero-order valence-electron chi connectivity index (χ0n) is 10.7. The van der Waals surface area contributed by atoms with Crippen LogP contribution in [0.15, 0.2) is 29.8 Å². The molecule has 2 rings (SSSR count). The van der Waals surface area contributed by atoms with Gasteiger partial charge in [-0.25, -0.2) is 0 Å². The number of Topliss-reactive ketones (excluding diaryl/α,β-unsaturated/α-hetero) is 1. The lowest BCUT2D eigenvalue weighted by Crippen LogP contribution is -2.29. The molecule has 112 valence electrons. The topological polar surface area (TPSA) is 63.2 Å². The molecule has 1 fully saturated rings. The number of carbonyl (C=O) groups is 2. The number of nitrogens with one attached hydrogen (secondary N) is 1. The van der Waals surface area contributed by atoms with Crippen molar-refractivity contribution in [2.45, 2.75) is 12.8 Å². The van der Waals surface area contributed by atoms with Crippen LogP contribution in [0.4, 0.5) is 0 Å². The first-order valence-corrected chi connectivity index (χ1v) is 9.97. The van der Waals surface area contributed by atoms with Gasteiger partial charge in [-0.2, -0.15) is 0 Å². The highest BCUT2D eigenvalue weighted by atomic mass is 35.9. The SMILES string of the molecule is O=C(NP(=O)(Cl)Cl)C1CC/C(=C\c2ccc(Cl)cc2)C1=O. The van der Waals surface area contributed by atoms with Crippen LogP contribution in [0.3, 0.4) is 0 Å². The zero-order chi connectivity index (χ0) is 15.6. The molecule has 1 saturated carbocycles. The first kappa shape index (κ1) is 16.6. The van der Waals surface area contributed by atoms with Crippen LogP contribution in [0.1, 0.15) is 18.4 Å². The van der Waals surface area contributed by atoms with Crippen molar-refractivity contribution >= 4 is 57.8 Å². The highest BCUT2D eigenvalue weighted by molar-refractivity contribution is 8.07. The predicted octanol–water partition coefficient (Wildman–Crippen LogP) is 4.40. The molecule has 0 saturated heterocycles. The van der Waals surface area contributed by atoms with Gasteiger partial charge < -0.3 is 0 Å². The number of rotatable bonds is 3. The lowest BCUT2D eigenvalue weighted by molar-refractivity contribution is -0.129. The number of benzene rings is 1. The Morgan fingerprint density at radius 3 is 2.48 bits per heavy atom. The molecule has 0 radical (unpaired) electrons. The van der Waals surface area contributed by atoms with E-state index in [1.165, 1.54) is 0 Å². The number of allylic oxidation sites excluding steroid dienone is 1. The highest BCUT2D eigenvalue weighted by Gasteiger charge is 2.36. The summed E-state index contributed by atoms with van der Waals surface area (Å²) in [5, 5.41) is 2.57. The fourth-order valence-corrected chi connectivity index (χ4v) is 3.18. The molecule has 1 aliphatic carbocycles. The van der Waals surface area contributed by atoms with Gasteiger partial charge >= 0.3 is 6.00 Å². The van der Waals surface area contributed by atoms with Gasteiger partial charge in [0.05, 0.1) is 0 Å². The normalized spacial score (nSPS) is 20.8. The molecular formula is C13H11Cl3NO3P. The quantitative estimate of drug-likeness (QED) is 0.490. The average molecular weight is 367 g/mol. The second-order valence-electron chi connectivity index (χ2n) is 4.61. The van der Waals surface area contributed by atoms with Gasteiger partial charge in [0.25, 0.3) is 0 Å². The van der Waals surface area contributed by atoms with E-state index in [9.17, 15) is 14.2 Å². The minimum atomic E-state index is -3.73. The van der Waals surface area contributed by atoms with Gasteiger partial charge in [-0.15, -0.1) is 0 Å². The molecule has 1 N–H and O–H groups in total. The minimum absolute atomic E-state index is 0.302. The standard InChI is InChI=1S/C13H11Cl3NO3P/c14-10-4-1-8(2-5-10)7-9-3-6-11(12(9)18)13(19)17-21(15,16)20/h1-2,4-5,7,11H,3,6H2,(H,17,19,20)/b9-7+. The molecule has 0 bridgehead atoms. The highest BCUT2D eigenvalue weighted by Crippen LogP contribution is 2.52. The van der Waals surface area contributed by atoms with Crippen molar-refractivity contribution in [2.24, 2.45) is 5.92 Å². The lowest BCUT2D eigenvalue weighted by Gasteiger charge is -2.09. The van der Waals surface area contributed by atoms with Crippen LogP contribution < -0.4 is 5.09 Å². The maximum absolute atomic E-state index is 12.2. The van der Waals surface area contributed by atoms with E-state index in [-0.39, 0.29) is 5.78 Å². The minimum Gasteiger partial charge on any atom is -0.294 e. The second-order valence-corrected chi connectivity index (χ2v) is 9.57. The first-order chi connectivity index (χ1) is 9.76. The first-order valence-electron chi connectivity index (χ1n) is 6.08. The van der Waals surface area contributed by atoms with Gasteiger partial charge in [0.15, 0.2) is 5.78 Å². The van der Waals surface area contributed by atoms with Gasteiger partial charge in [-0.05, 0) is 64.7 Å². The molecule has 4 nitrogen and oxygen atoms in total. The van der Waals surface area contributed by atoms with Crippen molar-refractivity contribution in [1.29, 1.82) is 0 Å². The third kappa shape index (κ3) is 4.58. The molecule has 1 amide bonds. The van der Waals surface area contributed by atoms with Crippen molar-refractivity contribution in [2.75, 3.05) is 0 Å².